The molecule has 0 atom stereocenters. The monoisotopic (exact) mass is 688 g/mol. The fourth-order valence-corrected chi connectivity index (χ4v) is 7.79. The van der Waals surface area contributed by atoms with Crippen molar-refractivity contribution in [2.45, 2.75) is 28.5 Å². The van der Waals surface area contributed by atoms with Gasteiger partial charge in [-0.1, -0.05) is 88.1 Å². The SMILES string of the molecule is C=C(/C=C(/C=C1\Sc2cc([N+](=O)[O-])ccc2N1CCOc1ccc(Br)cc1)Sc1ccccc1)Sc1cc(C)ccc1C. The van der Waals surface area contributed by atoms with Gasteiger partial charge in [0.05, 0.1) is 22.2 Å². The normalized spacial score (nSPS) is 13.7. The number of fused-ring (bicyclic) bond motifs is 1. The molecule has 0 radical (unpaired) electrons. The van der Waals surface area contributed by atoms with Crippen LogP contribution < -0.4 is 9.64 Å². The lowest BCUT2D eigenvalue weighted by atomic mass is 10.2. The first-order valence-electron chi connectivity index (χ1n) is 13.5. The Morgan fingerprint density at radius 1 is 1.02 bits per heavy atom. The first-order chi connectivity index (χ1) is 20.7. The van der Waals surface area contributed by atoms with Crippen LogP contribution in [0.4, 0.5) is 11.4 Å². The van der Waals surface area contributed by atoms with Crippen molar-refractivity contribution in [2.75, 3.05) is 18.1 Å². The molecule has 4 aromatic carbocycles. The summed E-state index contributed by atoms with van der Waals surface area (Å²) in [7, 11) is 0. The van der Waals surface area contributed by atoms with Crippen LogP contribution >= 0.6 is 51.2 Å². The summed E-state index contributed by atoms with van der Waals surface area (Å²) in [4.78, 5) is 18.4. The van der Waals surface area contributed by atoms with E-state index in [4.69, 9.17) is 4.74 Å². The molecule has 5 rings (SSSR count). The van der Waals surface area contributed by atoms with E-state index in [0.717, 1.165) is 40.5 Å². The van der Waals surface area contributed by atoms with E-state index in [-0.39, 0.29) is 10.6 Å². The summed E-state index contributed by atoms with van der Waals surface area (Å²) in [6, 6.07) is 29.4. The number of nitro benzene ring substituents is 1. The van der Waals surface area contributed by atoms with E-state index in [1.54, 1.807) is 35.7 Å². The molecule has 218 valence electrons. The summed E-state index contributed by atoms with van der Waals surface area (Å²) in [5.74, 6) is 0.782. The smallest absolute Gasteiger partial charge is 0.270 e. The zero-order valence-electron chi connectivity index (χ0n) is 23.7. The molecule has 0 saturated heterocycles. The zero-order valence-corrected chi connectivity index (χ0v) is 27.7. The molecule has 43 heavy (non-hydrogen) atoms. The van der Waals surface area contributed by atoms with Gasteiger partial charge in [-0.2, -0.15) is 0 Å². The van der Waals surface area contributed by atoms with E-state index in [0.29, 0.717) is 13.2 Å². The van der Waals surface area contributed by atoms with Gasteiger partial charge in [0.15, 0.2) is 0 Å². The number of hydrogen-bond acceptors (Lipinski definition) is 7. The van der Waals surface area contributed by atoms with Crippen LogP contribution in [0.2, 0.25) is 0 Å². The van der Waals surface area contributed by atoms with Gasteiger partial charge in [0, 0.05) is 41.1 Å². The Balaban J connectivity index is 1.46. The minimum Gasteiger partial charge on any atom is -0.492 e. The third-order valence-corrected chi connectivity index (χ3v) is 10.1. The van der Waals surface area contributed by atoms with E-state index < -0.39 is 0 Å². The first-order valence-corrected chi connectivity index (χ1v) is 16.7. The highest BCUT2D eigenvalue weighted by Gasteiger charge is 2.27. The molecule has 9 heteroatoms. The maximum absolute atomic E-state index is 11.5. The summed E-state index contributed by atoms with van der Waals surface area (Å²) >= 11 is 8.30. The number of hydrogen-bond donors (Lipinski definition) is 0. The molecule has 5 nitrogen and oxygen atoms in total. The van der Waals surface area contributed by atoms with Crippen molar-refractivity contribution < 1.29 is 9.66 Å². The van der Waals surface area contributed by atoms with E-state index in [2.05, 4.69) is 83.7 Å². The van der Waals surface area contributed by atoms with Crippen molar-refractivity contribution in [2.24, 2.45) is 0 Å². The number of thioether (sulfide) groups is 3. The van der Waals surface area contributed by atoms with Gasteiger partial charge in [-0.15, -0.1) is 0 Å². The number of benzene rings is 4. The Kier molecular flexibility index (Phi) is 10.4. The van der Waals surface area contributed by atoms with Crippen LogP contribution in [0.5, 0.6) is 5.75 Å². The minimum atomic E-state index is -0.353. The van der Waals surface area contributed by atoms with Crippen molar-refractivity contribution in [3.05, 3.63) is 150 Å². The third kappa shape index (κ3) is 8.38. The second-order valence-corrected chi connectivity index (χ2v) is 14.0. The summed E-state index contributed by atoms with van der Waals surface area (Å²) in [5.41, 5.74) is 3.42. The lowest BCUT2D eigenvalue weighted by molar-refractivity contribution is -0.385. The molecule has 1 aliphatic rings. The van der Waals surface area contributed by atoms with Gasteiger partial charge in [-0.3, -0.25) is 10.1 Å². The van der Waals surface area contributed by atoms with Crippen LogP contribution in [0.15, 0.2) is 144 Å². The number of nitrogens with zero attached hydrogens (tertiary/aromatic N) is 2. The van der Waals surface area contributed by atoms with Crippen LogP contribution in [0.3, 0.4) is 0 Å². The van der Waals surface area contributed by atoms with Crippen molar-refractivity contribution in [1.82, 2.24) is 0 Å². The van der Waals surface area contributed by atoms with Crippen molar-refractivity contribution >= 4 is 62.6 Å². The third-order valence-electron chi connectivity index (χ3n) is 6.46. The standard InChI is InChI=1S/C34H29BrN2O3S3/c1-23-9-10-24(2)32(19-23)41-25(3)20-30(42-29-7-5-4-6-8-29)22-34-36(17-18-40-28-14-11-26(35)12-15-28)31-16-13-27(37(38)39)21-33(31)43-34/h4-16,19-22H,3,17-18H2,1-2H3/b30-20-,34-22-. The zero-order chi connectivity index (χ0) is 30.3. The molecule has 0 saturated carbocycles. The van der Waals surface area contributed by atoms with Crippen LogP contribution in [-0.2, 0) is 0 Å². The van der Waals surface area contributed by atoms with Crippen LogP contribution in [-0.4, -0.2) is 18.1 Å². The summed E-state index contributed by atoms with van der Waals surface area (Å²) in [6.45, 7) is 9.60. The molecule has 1 aliphatic heterocycles. The van der Waals surface area contributed by atoms with Crippen molar-refractivity contribution in [1.29, 1.82) is 0 Å². The summed E-state index contributed by atoms with van der Waals surface area (Å²) in [5, 5.41) is 12.5. The molecule has 0 N–H and O–H groups in total. The minimum absolute atomic E-state index is 0.0753. The van der Waals surface area contributed by atoms with Gasteiger partial charge in [-0.25, -0.2) is 0 Å². The Hall–Kier alpha value is -3.37. The summed E-state index contributed by atoms with van der Waals surface area (Å²) < 4.78 is 7.05. The van der Waals surface area contributed by atoms with E-state index in [9.17, 15) is 10.1 Å². The molecule has 0 unspecified atom stereocenters. The lowest BCUT2D eigenvalue weighted by Gasteiger charge is -2.21. The summed E-state index contributed by atoms with van der Waals surface area (Å²) in [6.07, 6.45) is 4.25. The lowest BCUT2D eigenvalue weighted by Crippen LogP contribution is -2.24. The van der Waals surface area contributed by atoms with Crippen LogP contribution in [0.25, 0.3) is 0 Å². The molecule has 1 heterocycles. The predicted octanol–water partition coefficient (Wildman–Crippen LogP) is 10.8. The number of ether oxygens (including phenoxy) is 1. The molecule has 0 aliphatic carbocycles. The second kappa shape index (κ2) is 14.4. The van der Waals surface area contributed by atoms with Gasteiger partial charge >= 0.3 is 0 Å². The number of rotatable bonds is 11. The topological polar surface area (TPSA) is 55.6 Å². The van der Waals surface area contributed by atoms with Crippen LogP contribution in [0.1, 0.15) is 11.1 Å². The average Bonchev–Trinajstić information content (AvgIpc) is 3.32. The van der Waals surface area contributed by atoms with Gasteiger partial charge in [-0.05, 0) is 85.7 Å². The van der Waals surface area contributed by atoms with E-state index in [1.165, 1.54) is 27.8 Å². The Morgan fingerprint density at radius 2 is 1.79 bits per heavy atom. The fourth-order valence-electron chi connectivity index (χ4n) is 4.32. The molecule has 0 spiro atoms. The highest BCUT2D eigenvalue weighted by molar-refractivity contribution is 9.10. The van der Waals surface area contributed by atoms with E-state index >= 15 is 0 Å². The Labute approximate surface area is 273 Å². The largest absolute Gasteiger partial charge is 0.492 e. The average molecular weight is 690 g/mol. The number of halogens is 1. The molecular formula is C34H29BrN2O3S3. The Bertz CT molecular complexity index is 1710. The van der Waals surface area contributed by atoms with E-state index in [1.807, 2.05) is 48.5 Å². The van der Waals surface area contributed by atoms with Gasteiger partial charge in [0.25, 0.3) is 5.69 Å². The van der Waals surface area contributed by atoms with Crippen molar-refractivity contribution in [3.63, 3.8) is 0 Å². The highest BCUT2D eigenvalue weighted by Crippen LogP contribution is 2.48. The maximum atomic E-state index is 11.5. The van der Waals surface area contributed by atoms with Gasteiger partial charge in [0.2, 0.25) is 0 Å². The Morgan fingerprint density at radius 3 is 2.53 bits per heavy atom. The quantitative estimate of drug-likeness (QED) is 0.0672. The molecule has 0 bridgehead atoms. The number of nitro groups is 1. The van der Waals surface area contributed by atoms with Gasteiger partial charge in [0.1, 0.15) is 12.4 Å². The maximum Gasteiger partial charge on any atom is 0.270 e. The number of non-ortho nitro benzene ring substituents is 1. The number of allylic oxidation sites excluding steroid dienone is 2. The fraction of sp³-hybridized carbons (Fsp3) is 0.118. The molecule has 4 aromatic rings. The second-order valence-electron chi connectivity index (χ2n) is 9.75. The predicted molar refractivity (Wildman–Crippen MR) is 185 cm³/mol. The number of aryl methyl sites for hydroxylation is 2. The molecule has 0 fully saturated rings. The van der Waals surface area contributed by atoms with Gasteiger partial charge < -0.3 is 9.64 Å². The molecule has 0 amide bonds. The molecule has 0 aromatic heterocycles. The highest BCUT2D eigenvalue weighted by atomic mass is 79.9. The van der Waals surface area contributed by atoms with Crippen molar-refractivity contribution in [3.8, 4) is 5.75 Å². The molecular weight excluding hydrogens is 660 g/mol. The van der Waals surface area contributed by atoms with Crippen LogP contribution in [0, 0.1) is 24.0 Å². The number of anilines is 1. The first kappa shape index (κ1) is 31.1.